The van der Waals surface area contributed by atoms with Crippen LogP contribution in [0.15, 0.2) is 53.6 Å². The molecule has 3 rings (SSSR count). The van der Waals surface area contributed by atoms with Crippen LogP contribution in [0.3, 0.4) is 0 Å². The Bertz CT molecular complexity index is 1170. The van der Waals surface area contributed by atoms with Crippen molar-refractivity contribution < 1.29 is 35.9 Å². The van der Waals surface area contributed by atoms with Gasteiger partial charge in [0.1, 0.15) is 34.1 Å². The molecular weight excluding hydrogens is 442 g/mol. The zero-order valence-electron chi connectivity index (χ0n) is 18.1. The van der Waals surface area contributed by atoms with Crippen LogP contribution in [0.5, 0.6) is 11.6 Å². The van der Waals surface area contributed by atoms with Gasteiger partial charge in [-0.05, 0) is 44.0 Å². The van der Waals surface area contributed by atoms with Crippen molar-refractivity contribution in [3.63, 3.8) is 0 Å². The molecule has 3 aromatic rings. The monoisotopic (exact) mass is 466 g/mol. The van der Waals surface area contributed by atoms with Gasteiger partial charge in [-0.15, -0.1) is 0 Å². The highest BCUT2D eigenvalue weighted by Crippen LogP contribution is 2.21. The quantitative estimate of drug-likeness (QED) is 0.352. The first-order valence-corrected chi connectivity index (χ1v) is 10.8. The third kappa shape index (κ3) is 6.38. The van der Waals surface area contributed by atoms with Crippen LogP contribution in [0.1, 0.15) is 22.3 Å². The second-order valence-electron chi connectivity index (χ2n) is 6.98. The van der Waals surface area contributed by atoms with Gasteiger partial charge in [-0.2, -0.15) is 0 Å². The lowest BCUT2D eigenvalue weighted by Crippen LogP contribution is -2.45. The number of halogens is 2. The molecule has 0 radical (unpaired) electrons. The van der Waals surface area contributed by atoms with Gasteiger partial charge in [0.2, 0.25) is 6.20 Å². The molecule has 1 aromatic heterocycles. The van der Waals surface area contributed by atoms with E-state index in [1.165, 1.54) is 42.2 Å². The Labute approximate surface area is 185 Å². The molecule has 0 aliphatic rings. The van der Waals surface area contributed by atoms with Crippen molar-refractivity contribution in [3.8, 4) is 11.6 Å². The van der Waals surface area contributed by atoms with Gasteiger partial charge >= 0.3 is 5.88 Å². The molecule has 1 heterocycles. The van der Waals surface area contributed by atoms with E-state index in [2.05, 4.69) is 0 Å². The third-order valence-corrected chi connectivity index (χ3v) is 5.58. The predicted molar refractivity (Wildman–Crippen MR) is 113 cm³/mol. The van der Waals surface area contributed by atoms with Crippen LogP contribution >= 0.6 is 0 Å². The lowest BCUT2D eigenvalue weighted by molar-refractivity contribution is -0.645. The summed E-state index contributed by atoms with van der Waals surface area (Å²) in [6.07, 6.45) is 1.52. The number of pyridine rings is 1. The van der Waals surface area contributed by atoms with Crippen molar-refractivity contribution in [2.45, 2.75) is 32.3 Å². The molecule has 0 amide bonds. The normalized spacial score (nSPS) is 10.8. The second kappa shape index (κ2) is 10.4. The molecule has 0 bridgehead atoms. The maximum atomic E-state index is 13.4. The van der Waals surface area contributed by atoms with E-state index in [0.717, 1.165) is 5.56 Å². The molecule has 0 fully saturated rings. The topological polar surface area (TPSA) is 106 Å². The third-order valence-electron chi connectivity index (χ3n) is 4.44. The van der Waals surface area contributed by atoms with Crippen LogP contribution in [-0.4, -0.2) is 20.1 Å². The van der Waals surface area contributed by atoms with Crippen LogP contribution in [0.2, 0.25) is 0 Å². The Morgan fingerprint density at radius 1 is 1.03 bits per heavy atom. The van der Waals surface area contributed by atoms with Gasteiger partial charge in [0.25, 0.3) is 0 Å². The molecule has 2 aromatic carbocycles. The highest BCUT2D eigenvalue weighted by molar-refractivity contribution is 7.85. The number of nitrogens with two attached hydrogens (primary N) is 1. The summed E-state index contributed by atoms with van der Waals surface area (Å²) < 4.78 is 70.8. The minimum Gasteiger partial charge on any atom is -0.744 e. The summed E-state index contributed by atoms with van der Waals surface area (Å²) in [5, 5.41) is 0. The number of hydrogen-bond acceptors (Lipinski definition) is 6. The minimum absolute atomic E-state index is 0.0851. The fraction of sp³-hybridized carbons (Fsp3) is 0.227. The highest BCUT2D eigenvalue weighted by atomic mass is 32.2. The Balaban J connectivity index is 0.000000244. The van der Waals surface area contributed by atoms with Gasteiger partial charge in [0.05, 0.1) is 23.6 Å². The number of nitrogen functional groups attached to an aromatic ring is 1. The number of aromatic nitrogens is 1. The first-order valence-electron chi connectivity index (χ1n) is 9.38. The lowest BCUT2D eigenvalue weighted by atomic mass is 10.1. The van der Waals surface area contributed by atoms with E-state index in [-0.39, 0.29) is 22.9 Å². The van der Waals surface area contributed by atoms with Gasteiger partial charge in [-0.3, -0.25) is 0 Å². The van der Waals surface area contributed by atoms with Crippen LogP contribution in [0, 0.1) is 32.4 Å². The van der Waals surface area contributed by atoms with E-state index in [0.29, 0.717) is 16.9 Å². The molecule has 0 aliphatic carbocycles. The van der Waals surface area contributed by atoms with E-state index in [1.807, 2.05) is 6.92 Å². The lowest BCUT2D eigenvalue weighted by Gasteiger charge is -2.14. The fourth-order valence-corrected chi connectivity index (χ4v) is 4.00. The Morgan fingerprint density at radius 3 is 2.09 bits per heavy atom. The van der Waals surface area contributed by atoms with E-state index < -0.39 is 21.8 Å². The van der Waals surface area contributed by atoms with Crippen molar-refractivity contribution >= 4 is 10.1 Å². The van der Waals surface area contributed by atoms with Gasteiger partial charge in [-0.25, -0.2) is 23.0 Å². The molecule has 0 atom stereocenters. The second-order valence-corrected chi connectivity index (χ2v) is 8.30. The Hall–Kier alpha value is -3.24. The number of benzene rings is 2. The number of hydrogen-bond donors (Lipinski definition) is 1. The van der Waals surface area contributed by atoms with Crippen molar-refractivity contribution in [1.29, 1.82) is 0 Å². The van der Waals surface area contributed by atoms with Crippen LogP contribution < -0.4 is 20.0 Å². The molecule has 2 N–H and O–H groups in total. The highest BCUT2D eigenvalue weighted by Gasteiger charge is 2.15. The molecule has 0 aliphatic heterocycles. The molecule has 0 saturated carbocycles. The summed E-state index contributed by atoms with van der Waals surface area (Å²) in [5.41, 5.74) is 1.85. The maximum Gasteiger partial charge on any atom is 0.400 e. The van der Waals surface area contributed by atoms with Gasteiger partial charge in [0, 0.05) is 6.07 Å². The molecule has 32 heavy (non-hydrogen) atoms. The molecular formula is C22H24F2N2O5S. The number of aryl methyl sites for hydroxylation is 3. The SMILES string of the molecule is COc1cc[n+](N)c(OCc2c(F)cccc2F)c1.Cc1cc(C)c(S(=O)(=O)[O-])c(C)c1. The van der Waals surface area contributed by atoms with Crippen LogP contribution in [0.25, 0.3) is 0 Å². The van der Waals surface area contributed by atoms with E-state index in [4.69, 9.17) is 15.3 Å². The number of rotatable bonds is 5. The molecule has 172 valence electrons. The number of methoxy groups -OCH3 is 1. The summed E-state index contributed by atoms with van der Waals surface area (Å²) >= 11 is 0. The largest absolute Gasteiger partial charge is 0.744 e. The number of nitrogens with zero attached hydrogens (tertiary/aromatic N) is 1. The Kier molecular flexibility index (Phi) is 8.12. The van der Waals surface area contributed by atoms with Gasteiger partial charge < -0.3 is 14.0 Å². The Morgan fingerprint density at radius 2 is 1.59 bits per heavy atom. The summed E-state index contributed by atoms with van der Waals surface area (Å²) in [7, 11) is -2.83. The summed E-state index contributed by atoms with van der Waals surface area (Å²) in [5.74, 6) is 5.08. The van der Waals surface area contributed by atoms with Gasteiger partial charge in [-0.1, -0.05) is 28.4 Å². The predicted octanol–water partition coefficient (Wildman–Crippen LogP) is 3.07. The van der Waals surface area contributed by atoms with Crippen molar-refractivity contribution in [2.24, 2.45) is 0 Å². The average molecular weight is 467 g/mol. The first-order chi connectivity index (χ1) is 14.9. The molecule has 0 saturated heterocycles. The molecule has 0 spiro atoms. The van der Waals surface area contributed by atoms with Gasteiger partial charge in [0.15, 0.2) is 0 Å². The van der Waals surface area contributed by atoms with E-state index >= 15 is 0 Å². The molecule has 7 nitrogen and oxygen atoms in total. The molecule has 0 unspecified atom stereocenters. The van der Waals surface area contributed by atoms with Crippen LogP contribution in [-0.2, 0) is 16.7 Å². The maximum absolute atomic E-state index is 13.4. The summed E-state index contributed by atoms with van der Waals surface area (Å²) in [4.78, 5) is -0.0851. The zero-order chi connectivity index (χ0) is 24.1. The average Bonchev–Trinajstić information content (AvgIpc) is 2.67. The summed E-state index contributed by atoms with van der Waals surface area (Å²) in [6, 6.07) is 10.2. The number of ether oxygens (including phenoxy) is 2. The smallest absolute Gasteiger partial charge is 0.400 e. The van der Waals surface area contributed by atoms with Crippen molar-refractivity contribution in [1.82, 2.24) is 0 Å². The van der Waals surface area contributed by atoms with Crippen molar-refractivity contribution in [2.75, 3.05) is 13.0 Å². The minimum atomic E-state index is -4.33. The zero-order valence-corrected chi connectivity index (χ0v) is 18.9. The molecule has 10 heteroatoms. The first kappa shape index (κ1) is 25.0. The summed E-state index contributed by atoms with van der Waals surface area (Å²) in [6.45, 7) is 4.86. The van der Waals surface area contributed by atoms with E-state index in [9.17, 15) is 21.8 Å². The van der Waals surface area contributed by atoms with Crippen molar-refractivity contribution in [3.05, 3.63) is 82.5 Å². The fourth-order valence-electron chi connectivity index (χ4n) is 3.09. The van der Waals surface area contributed by atoms with E-state index in [1.54, 1.807) is 32.0 Å². The van der Waals surface area contributed by atoms with Crippen LogP contribution in [0.4, 0.5) is 8.78 Å². The standard InChI is InChI=1S/C13H13F2N2O2.C9H12O3S/c1-18-9-5-6-17(16)13(7-9)19-8-10-11(14)3-2-4-12(10)15;1-6-4-7(2)9(8(3)5-6)13(10,11)12/h2-7H,8,16H2,1H3;4-5H,1-3H3,(H,10,11,12)/q+1;/p-1.